The Bertz CT molecular complexity index is 810. The molecule has 2 aromatic carbocycles. The number of hydrogen-bond donors (Lipinski definition) is 1. The Kier molecular flexibility index (Phi) is 3.82. The molecule has 0 radical (unpaired) electrons. The van der Waals surface area contributed by atoms with Crippen molar-refractivity contribution < 1.29 is 9.84 Å². The van der Waals surface area contributed by atoms with Gasteiger partial charge < -0.3 is 9.84 Å². The second-order valence-corrected chi connectivity index (χ2v) is 5.53. The first kappa shape index (κ1) is 14.5. The van der Waals surface area contributed by atoms with Gasteiger partial charge in [-0.1, -0.05) is 18.2 Å². The third kappa shape index (κ3) is 2.55. The van der Waals surface area contributed by atoms with E-state index in [2.05, 4.69) is 31.0 Å². The SMILES string of the molecule is COc1ccc(C(O)c2nccc3cc(C)c(C)cc23)cc1. The van der Waals surface area contributed by atoms with E-state index in [4.69, 9.17) is 4.74 Å². The molecule has 0 spiro atoms. The zero-order valence-electron chi connectivity index (χ0n) is 13.0. The van der Waals surface area contributed by atoms with Crippen molar-refractivity contribution in [3.8, 4) is 5.75 Å². The van der Waals surface area contributed by atoms with Gasteiger partial charge in [-0.2, -0.15) is 0 Å². The number of fused-ring (bicyclic) bond motifs is 1. The highest BCUT2D eigenvalue weighted by atomic mass is 16.5. The molecule has 1 unspecified atom stereocenters. The number of pyridine rings is 1. The normalized spacial score (nSPS) is 12.4. The van der Waals surface area contributed by atoms with Crippen LogP contribution in [-0.2, 0) is 0 Å². The second kappa shape index (κ2) is 5.78. The number of methoxy groups -OCH3 is 1. The van der Waals surface area contributed by atoms with Gasteiger partial charge in [0.05, 0.1) is 12.8 Å². The summed E-state index contributed by atoms with van der Waals surface area (Å²) in [5, 5.41) is 12.8. The average Bonchev–Trinajstić information content (AvgIpc) is 2.55. The van der Waals surface area contributed by atoms with Crippen LogP contribution in [0.1, 0.15) is 28.5 Å². The van der Waals surface area contributed by atoms with E-state index in [9.17, 15) is 5.11 Å². The molecule has 3 aromatic rings. The van der Waals surface area contributed by atoms with Crippen molar-refractivity contribution in [2.24, 2.45) is 0 Å². The molecule has 0 amide bonds. The zero-order valence-corrected chi connectivity index (χ0v) is 13.0. The Balaban J connectivity index is 2.10. The number of nitrogens with zero attached hydrogens (tertiary/aromatic N) is 1. The lowest BCUT2D eigenvalue weighted by Crippen LogP contribution is -2.03. The van der Waals surface area contributed by atoms with Gasteiger partial charge in [-0.25, -0.2) is 0 Å². The number of aromatic nitrogens is 1. The quantitative estimate of drug-likeness (QED) is 0.795. The number of ether oxygens (including phenoxy) is 1. The molecule has 3 heteroatoms. The van der Waals surface area contributed by atoms with Crippen molar-refractivity contribution in [1.82, 2.24) is 4.98 Å². The maximum atomic E-state index is 10.7. The van der Waals surface area contributed by atoms with Crippen LogP contribution in [0.25, 0.3) is 10.8 Å². The van der Waals surface area contributed by atoms with Crippen LogP contribution in [-0.4, -0.2) is 17.2 Å². The van der Waals surface area contributed by atoms with Gasteiger partial charge in [0.15, 0.2) is 0 Å². The molecule has 3 nitrogen and oxygen atoms in total. The van der Waals surface area contributed by atoms with Gasteiger partial charge in [0.2, 0.25) is 0 Å². The topological polar surface area (TPSA) is 42.4 Å². The van der Waals surface area contributed by atoms with Crippen molar-refractivity contribution in [3.63, 3.8) is 0 Å². The van der Waals surface area contributed by atoms with Crippen molar-refractivity contribution in [2.45, 2.75) is 20.0 Å². The maximum absolute atomic E-state index is 10.7. The highest BCUT2D eigenvalue weighted by molar-refractivity contribution is 5.86. The third-order valence-electron chi connectivity index (χ3n) is 4.10. The van der Waals surface area contributed by atoms with Crippen LogP contribution < -0.4 is 4.74 Å². The standard InChI is InChI=1S/C19H19NO2/c1-12-10-15-8-9-20-18(17(15)11-13(12)2)19(21)14-4-6-16(22-3)7-5-14/h4-11,19,21H,1-3H3. The van der Waals surface area contributed by atoms with Crippen LogP contribution in [0.15, 0.2) is 48.7 Å². The molecule has 1 atom stereocenters. The fraction of sp³-hybridized carbons (Fsp3) is 0.211. The summed E-state index contributed by atoms with van der Waals surface area (Å²) in [5.74, 6) is 0.772. The van der Waals surface area contributed by atoms with E-state index in [0.29, 0.717) is 5.69 Å². The minimum absolute atomic E-state index is 0.686. The Morgan fingerprint density at radius 1 is 1.00 bits per heavy atom. The summed E-state index contributed by atoms with van der Waals surface area (Å²) in [6.45, 7) is 4.17. The first-order chi connectivity index (χ1) is 10.6. The molecule has 0 saturated carbocycles. The highest BCUT2D eigenvalue weighted by Gasteiger charge is 2.15. The smallest absolute Gasteiger partial charge is 0.122 e. The van der Waals surface area contributed by atoms with Gasteiger partial charge in [0.1, 0.15) is 11.9 Å². The molecule has 0 fully saturated rings. The first-order valence-electron chi connectivity index (χ1n) is 7.28. The van der Waals surface area contributed by atoms with E-state index in [1.165, 1.54) is 11.1 Å². The van der Waals surface area contributed by atoms with Gasteiger partial charge in [0.25, 0.3) is 0 Å². The average molecular weight is 293 g/mol. The molecular weight excluding hydrogens is 274 g/mol. The van der Waals surface area contributed by atoms with E-state index in [0.717, 1.165) is 22.1 Å². The summed E-state index contributed by atoms with van der Waals surface area (Å²) < 4.78 is 5.16. The lowest BCUT2D eigenvalue weighted by Gasteiger charge is -2.14. The largest absolute Gasteiger partial charge is 0.497 e. The lowest BCUT2D eigenvalue weighted by atomic mass is 9.97. The van der Waals surface area contributed by atoms with Gasteiger partial charge in [-0.3, -0.25) is 4.98 Å². The molecule has 0 aliphatic heterocycles. The summed E-state index contributed by atoms with van der Waals surface area (Å²) in [5.41, 5.74) is 3.93. The predicted octanol–water partition coefficient (Wildman–Crippen LogP) is 3.94. The minimum Gasteiger partial charge on any atom is -0.497 e. The molecule has 0 bridgehead atoms. The Morgan fingerprint density at radius 3 is 2.36 bits per heavy atom. The molecule has 112 valence electrons. The van der Waals surface area contributed by atoms with E-state index in [-0.39, 0.29) is 0 Å². The van der Waals surface area contributed by atoms with E-state index in [1.807, 2.05) is 30.3 Å². The summed E-state index contributed by atoms with van der Waals surface area (Å²) >= 11 is 0. The first-order valence-corrected chi connectivity index (χ1v) is 7.28. The van der Waals surface area contributed by atoms with Crippen LogP contribution in [0.5, 0.6) is 5.75 Å². The summed E-state index contributed by atoms with van der Waals surface area (Å²) in [6, 6.07) is 13.6. The number of benzene rings is 2. The van der Waals surface area contributed by atoms with Crippen LogP contribution >= 0.6 is 0 Å². The van der Waals surface area contributed by atoms with Crippen LogP contribution in [0.3, 0.4) is 0 Å². The van der Waals surface area contributed by atoms with E-state index >= 15 is 0 Å². The van der Waals surface area contributed by atoms with Gasteiger partial charge in [-0.05, 0) is 60.2 Å². The minimum atomic E-state index is -0.753. The van der Waals surface area contributed by atoms with Crippen molar-refractivity contribution in [2.75, 3.05) is 7.11 Å². The van der Waals surface area contributed by atoms with Crippen molar-refractivity contribution in [3.05, 3.63) is 71.0 Å². The van der Waals surface area contributed by atoms with E-state index < -0.39 is 6.10 Å². The van der Waals surface area contributed by atoms with Gasteiger partial charge in [-0.15, -0.1) is 0 Å². The third-order valence-corrected chi connectivity index (χ3v) is 4.10. The van der Waals surface area contributed by atoms with Crippen LogP contribution in [0.2, 0.25) is 0 Å². The Hall–Kier alpha value is -2.39. The van der Waals surface area contributed by atoms with Crippen LogP contribution in [0, 0.1) is 13.8 Å². The number of aliphatic hydroxyl groups is 1. The molecule has 0 aliphatic rings. The number of hydrogen-bond acceptors (Lipinski definition) is 3. The molecule has 1 aromatic heterocycles. The molecule has 1 heterocycles. The molecule has 0 saturated heterocycles. The summed E-state index contributed by atoms with van der Waals surface area (Å²) in [6.07, 6.45) is 0.996. The fourth-order valence-electron chi connectivity index (χ4n) is 2.63. The summed E-state index contributed by atoms with van der Waals surface area (Å²) in [7, 11) is 1.63. The van der Waals surface area contributed by atoms with Gasteiger partial charge in [0, 0.05) is 11.6 Å². The monoisotopic (exact) mass is 293 g/mol. The highest BCUT2D eigenvalue weighted by Crippen LogP contribution is 2.29. The molecule has 0 aliphatic carbocycles. The Labute approximate surface area is 130 Å². The molecule has 1 N–H and O–H groups in total. The van der Waals surface area contributed by atoms with Crippen LogP contribution in [0.4, 0.5) is 0 Å². The predicted molar refractivity (Wildman–Crippen MR) is 88.3 cm³/mol. The second-order valence-electron chi connectivity index (χ2n) is 5.53. The zero-order chi connectivity index (χ0) is 15.7. The molecular formula is C19H19NO2. The number of rotatable bonds is 3. The molecule has 22 heavy (non-hydrogen) atoms. The maximum Gasteiger partial charge on any atom is 0.122 e. The Morgan fingerprint density at radius 2 is 1.68 bits per heavy atom. The van der Waals surface area contributed by atoms with E-state index in [1.54, 1.807) is 13.3 Å². The van der Waals surface area contributed by atoms with Gasteiger partial charge >= 0.3 is 0 Å². The fourth-order valence-corrected chi connectivity index (χ4v) is 2.63. The summed E-state index contributed by atoms with van der Waals surface area (Å²) in [4.78, 5) is 4.42. The lowest BCUT2D eigenvalue weighted by molar-refractivity contribution is 0.217. The van der Waals surface area contributed by atoms with Crippen molar-refractivity contribution >= 4 is 10.8 Å². The van der Waals surface area contributed by atoms with Crippen molar-refractivity contribution in [1.29, 1.82) is 0 Å². The number of aryl methyl sites for hydroxylation is 2. The molecule has 3 rings (SSSR count). The number of aliphatic hydroxyl groups excluding tert-OH is 1.